The highest BCUT2D eigenvalue weighted by Crippen LogP contribution is 2.28. The molecule has 1 saturated heterocycles. The molecule has 1 atom stereocenters. The van der Waals surface area contributed by atoms with Crippen LogP contribution in [0.1, 0.15) is 38.5 Å². The van der Waals surface area contributed by atoms with E-state index in [2.05, 4.69) is 4.90 Å². The molecule has 0 N–H and O–H groups in total. The van der Waals surface area contributed by atoms with Gasteiger partial charge in [0, 0.05) is 18.5 Å². The van der Waals surface area contributed by atoms with Crippen LogP contribution >= 0.6 is 11.6 Å². The topological polar surface area (TPSA) is 3.24 Å². The zero-order valence-corrected chi connectivity index (χ0v) is 9.10. The molecular weight excluding hydrogens is 182 g/mol. The van der Waals surface area contributed by atoms with Gasteiger partial charge in [0.15, 0.2) is 0 Å². The third-order valence-electron chi connectivity index (χ3n) is 3.64. The van der Waals surface area contributed by atoms with Crippen LogP contribution < -0.4 is 0 Å². The van der Waals surface area contributed by atoms with E-state index in [9.17, 15) is 0 Å². The van der Waals surface area contributed by atoms with E-state index in [1.165, 1.54) is 51.6 Å². The van der Waals surface area contributed by atoms with E-state index in [0.29, 0.717) is 6.04 Å². The van der Waals surface area contributed by atoms with Gasteiger partial charge in [0.05, 0.1) is 0 Å². The van der Waals surface area contributed by atoms with Crippen LogP contribution in [0.5, 0.6) is 0 Å². The van der Waals surface area contributed by atoms with Crippen molar-refractivity contribution in [1.29, 1.82) is 0 Å². The molecule has 2 heteroatoms. The second-order valence-electron chi connectivity index (χ2n) is 4.60. The van der Waals surface area contributed by atoms with Gasteiger partial charge in [-0.1, -0.05) is 12.8 Å². The Morgan fingerprint density at radius 2 is 1.85 bits per heavy atom. The Kier molecular flexibility index (Phi) is 3.51. The van der Waals surface area contributed by atoms with Crippen molar-refractivity contribution in [3.8, 4) is 0 Å². The minimum Gasteiger partial charge on any atom is -0.299 e. The largest absolute Gasteiger partial charge is 0.299 e. The Bertz CT molecular complexity index is 154. The molecule has 1 aliphatic carbocycles. The molecule has 1 nitrogen and oxygen atoms in total. The summed E-state index contributed by atoms with van der Waals surface area (Å²) in [6, 6.07) is 0.697. The summed E-state index contributed by atoms with van der Waals surface area (Å²) in [6.45, 7) is 2.63. The Labute approximate surface area is 86.4 Å². The van der Waals surface area contributed by atoms with Crippen LogP contribution in [0.25, 0.3) is 0 Å². The lowest BCUT2D eigenvalue weighted by molar-refractivity contribution is 0.228. The summed E-state index contributed by atoms with van der Waals surface area (Å²) in [5.41, 5.74) is 0. The molecule has 0 amide bonds. The molecule has 1 heterocycles. The monoisotopic (exact) mass is 201 g/mol. The van der Waals surface area contributed by atoms with Crippen LogP contribution in [0.3, 0.4) is 0 Å². The molecule has 2 fully saturated rings. The average Bonchev–Trinajstić information content (AvgIpc) is 2.76. The molecule has 0 aromatic rings. The summed E-state index contributed by atoms with van der Waals surface area (Å²) in [6.07, 6.45) is 8.55. The SMILES string of the molecule is ClCC1CCCN1CC1CCCC1. The third kappa shape index (κ3) is 2.38. The second kappa shape index (κ2) is 4.65. The van der Waals surface area contributed by atoms with E-state index in [0.717, 1.165) is 11.8 Å². The molecule has 0 aromatic carbocycles. The van der Waals surface area contributed by atoms with E-state index >= 15 is 0 Å². The number of rotatable bonds is 3. The van der Waals surface area contributed by atoms with Gasteiger partial charge in [-0.25, -0.2) is 0 Å². The van der Waals surface area contributed by atoms with Crippen LogP contribution in [0, 0.1) is 5.92 Å². The fourth-order valence-corrected chi connectivity index (χ4v) is 3.18. The van der Waals surface area contributed by atoms with Crippen molar-refractivity contribution in [2.45, 2.75) is 44.6 Å². The zero-order chi connectivity index (χ0) is 9.10. The number of alkyl halides is 1. The Hall–Kier alpha value is 0.250. The number of likely N-dealkylation sites (tertiary alicyclic amines) is 1. The predicted molar refractivity (Wildman–Crippen MR) is 57.3 cm³/mol. The quantitative estimate of drug-likeness (QED) is 0.635. The van der Waals surface area contributed by atoms with Gasteiger partial charge in [-0.3, -0.25) is 4.90 Å². The fourth-order valence-electron chi connectivity index (χ4n) is 2.83. The van der Waals surface area contributed by atoms with Crippen LogP contribution in [0.15, 0.2) is 0 Å². The van der Waals surface area contributed by atoms with Gasteiger partial charge in [-0.05, 0) is 38.1 Å². The van der Waals surface area contributed by atoms with Crippen LogP contribution in [0.4, 0.5) is 0 Å². The number of nitrogens with zero attached hydrogens (tertiary/aromatic N) is 1. The lowest BCUT2D eigenvalue weighted by Gasteiger charge is -2.25. The molecule has 0 aromatic heterocycles. The Morgan fingerprint density at radius 3 is 2.54 bits per heavy atom. The summed E-state index contributed by atoms with van der Waals surface area (Å²) >= 11 is 5.95. The molecule has 76 valence electrons. The highest BCUT2D eigenvalue weighted by atomic mass is 35.5. The zero-order valence-electron chi connectivity index (χ0n) is 8.34. The van der Waals surface area contributed by atoms with E-state index in [-0.39, 0.29) is 0 Å². The molecule has 1 aliphatic heterocycles. The van der Waals surface area contributed by atoms with Gasteiger partial charge in [-0.15, -0.1) is 11.6 Å². The van der Waals surface area contributed by atoms with Gasteiger partial charge < -0.3 is 0 Å². The lowest BCUT2D eigenvalue weighted by Crippen LogP contribution is -2.34. The molecular formula is C11H20ClN. The number of hydrogen-bond acceptors (Lipinski definition) is 1. The van der Waals surface area contributed by atoms with E-state index < -0.39 is 0 Å². The smallest absolute Gasteiger partial charge is 0.0379 e. The minimum atomic E-state index is 0.697. The molecule has 1 saturated carbocycles. The first-order chi connectivity index (χ1) is 6.40. The van der Waals surface area contributed by atoms with Gasteiger partial charge in [0.25, 0.3) is 0 Å². The molecule has 2 aliphatic rings. The van der Waals surface area contributed by atoms with E-state index in [4.69, 9.17) is 11.6 Å². The lowest BCUT2D eigenvalue weighted by atomic mass is 10.1. The van der Waals surface area contributed by atoms with Crippen molar-refractivity contribution in [3.05, 3.63) is 0 Å². The molecule has 1 unspecified atom stereocenters. The Morgan fingerprint density at radius 1 is 1.08 bits per heavy atom. The summed E-state index contributed by atoms with van der Waals surface area (Å²) in [5.74, 6) is 1.83. The van der Waals surface area contributed by atoms with Gasteiger partial charge in [-0.2, -0.15) is 0 Å². The second-order valence-corrected chi connectivity index (χ2v) is 4.90. The van der Waals surface area contributed by atoms with Crippen molar-refractivity contribution >= 4 is 11.6 Å². The van der Waals surface area contributed by atoms with Crippen molar-refractivity contribution in [3.63, 3.8) is 0 Å². The summed E-state index contributed by atoms with van der Waals surface area (Å²) in [7, 11) is 0. The van der Waals surface area contributed by atoms with Crippen LogP contribution in [0.2, 0.25) is 0 Å². The fraction of sp³-hybridized carbons (Fsp3) is 1.00. The van der Waals surface area contributed by atoms with Gasteiger partial charge in [0.2, 0.25) is 0 Å². The molecule has 13 heavy (non-hydrogen) atoms. The van der Waals surface area contributed by atoms with Gasteiger partial charge in [0.1, 0.15) is 0 Å². The van der Waals surface area contributed by atoms with Crippen molar-refractivity contribution in [1.82, 2.24) is 4.90 Å². The first kappa shape index (κ1) is 9.79. The van der Waals surface area contributed by atoms with Gasteiger partial charge >= 0.3 is 0 Å². The van der Waals surface area contributed by atoms with Crippen LogP contribution in [-0.2, 0) is 0 Å². The van der Waals surface area contributed by atoms with E-state index in [1.54, 1.807) is 0 Å². The predicted octanol–water partition coefficient (Wildman–Crippen LogP) is 2.88. The number of halogens is 1. The maximum Gasteiger partial charge on any atom is 0.0379 e. The molecule has 0 spiro atoms. The van der Waals surface area contributed by atoms with Crippen molar-refractivity contribution in [2.24, 2.45) is 5.92 Å². The minimum absolute atomic E-state index is 0.697. The Balaban J connectivity index is 1.79. The average molecular weight is 202 g/mol. The third-order valence-corrected chi connectivity index (χ3v) is 4.00. The first-order valence-electron chi connectivity index (χ1n) is 5.70. The standard InChI is InChI=1S/C11H20ClN/c12-8-11-6-3-7-13(11)9-10-4-1-2-5-10/h10-11H,1-9H2. The number of hydrogen-bond donors (Lipinski definition) is 0. The van der Waals surface area contributed by atoms with Crippen molar-refractivity contribution < 1.29 is 0 Å². The molecule has 2 rings (SSSR count). The molecule has 0 bridgehead atoms. The summed E-state index contributed by atoms with van der Waals surface area (Å²) in [4.78, 5) is 2.63. The maximum atomic E-state index is 5.95. The summed E-state index contributed by atoms with van der Waals surface area (Å²) in [5, 5.41) is 0. The van der Waals surface area contributed by atoms with Crippen LogP contribution in [-0.4, -0.2) is 29.9 Å². The van der Waals surface area contributed by atoms with Crippen molar-refractivity contribution in [2.75, 3.05) is 19.0 Å². The summed E-state index contributed by atoms with van der Waals surface area (Å²) < 4.78 is 0. The highest BCUT2D eigenvalue weighted by Gasteiger charge is 2.26. The molecule has 0 radical (unpaired) electrons. The maximum absolute atomic E-state index is 5.95. The highest BCUT2D eigenvalue weighted by molar-refractivity contribution is 6.18. The normalized spacial score (nSPS) is 31.6. The van der Waals surface area contributed by atoms with E-state index in [1.807, 2.05) is 0 Å². The first-order valence-corrected chi connectivity index (χ1v) is 6.23.